The van der Waals surface area contributed by atoms with Gasteiger partial charge in [0.2, 0.25) is 5.91 Å². The minimum absolute atomic E-state index is 0.0161. The summed E-state index contributed by atoms with van der Waals surface area (Å²) in [5, 5.41) is 7.15. The van der Waals surface area contributed by atoms with Crippen LogP contribution in [0.15, 0.2) is 4.99 Å². The molecular weight excluding hydrogens is 332 g/mol. The van der Waals surface area contributed by atoms with Gasteiger partial charge in [-0.15, -0.1) is 0 Å². The van der Waals surface area contributed by atoms with Gasteiger partial charge in [-0.2, -0.15) is 0 Å². The van der Waals surface area contributed by atoms with Crippen molar-refractivity contribution in [3.05, 3.63) is 0 Å². The van der Waals surface area contributed by atoms with E-state index >= 15 is 0 Å². The SMILES string of the molecule is CN(C)C(=O)CN=C(NC1CCCCC1)NC1CCOC2(CCOC2)C1. The molecule has 0 aromatic carbocycles. The Bertz CT molecular complexity index is 497. The van der Waals surface area contributed by atoms with Gasteiger partial charge in [-0.25, -0.2) is 4.99 Å². The summed E-state index contributed by atoms with van der Waals surface area (Å²) < 4.78 is 11.6. The molecule has 1 saturated carbocycles. The van der Waals surface area contributed by atoms with E-state index in [1.54, 1.807) is 19.0 Å². The van der Waals surface area contributed by atoms with Crippen LogP contribution in [0.25, 0.3) is 0 Å². The molecule has 2 saturated heterocycles. The van der Waals surface area contributed by atoms with Crippen LogP contribution in [0.2, 0.25) is 0 Å². The number of hydrogen-bond donors (Lipinski definition) is 2. The summed E-state index contributed by atoms with van der Waals surface area (Å²) >= 11 is 0. The highest BCUT2D eigenvalue weighted by molar-refractivity contribution is 5.85. The molecule has 148 valence electrons. The zero-order valence-electron chi connectivity index (χ0n) is 16.3. The number of guanidine groups is 1. The first-order chi connectivity index (χ1) is 12.6. The second-order valence-electron chi connectivity index (χ2n) is 8.10. The van der Waals surface area contributed by atoms with Gasteiger partial charge in [0.05, 0.1) is 12.2 Å². The lowest BCUT2D eigenvalue weighted by molar-refractivity contribution is -0.127. The third-order valence-corrected chi connectivity index (χ3v) is 5.72. The van der Waals surface area contributed by atoms with Crippen molar-refractivity contribution in [3.63, 3.8) is 0 Å². The average molecular weight is 367 g/mol. The van der Waals surface area contributed by atoms with Crippen molar-refractivity contribution in [2.24, 2.45) is 4.99 Å². The summed E-state index contributed by atoms with van der Waals surface area (Å²) in [7, 11) is 3.53. The Labute approximate surface area is 156 Å². The molecule has 2 N–H and O–H groups in total. The number of rotatable bonds is 4. The minimum Gasteiger partial charge on any atom is -0.378 e. The van der Waals surface area contributed by atoms with E-state index in [0.717, 1.165) is 38.4 Å². The molecule has 0 bridgehead atoms. The van der Waals surface area contributed by atoms with E-state index in [-0.39, 0.29) is 18.1 Å². The van der Waals surface area contributed by atoms with E-state index in [0.29, 0.717) is 18.7 Å². The molecule has 1 amide bonds. The zero-order chi connectivity index (χ0) is 18.4. The number of carbonyl (C=O) groups is 1. The maximum atomic E-state index is 12.0. The zero-order valence-corrected chi connectivity index (χ0v) is 16.3. The largest absolute Gasteiger partial charge is 0.378 e. The monoisotopic (exact) mass is 366 g/mol. The Morgan fingerprint density at radius 3 is 2.58 bits per heavy atom. The Kier molecular flexibility index (Phi) is 6.75. The van der Waals surface area contributed by atoms with Crippen LogP contribution in [0.3, 0.4) is 0 Å². The smallest absolute Gasteiger partial charge is 0.243 e. The molecule has 0 aromatic heterocycles. The van der Waals surface area contributed by atoms with E-state index in [2.05, 4.69) is 15.6 Å². The molecule has 2 heterocycles. The fourth-order valence-corrected chi connectivity index (χ4v) is 4.07. The quantitative estimate of drug-likeness (QED) is 0.579. The molecule has 1 aliphatic carbocycles. The van der Waals surface area contributed by atoms with Crippen molar-refractivity contribution >= 4 is 11.9 Å². The Hall–Kier alpha value is -1.34. The first-order valence-electron chi connectivity index (χ1n) is 10.1. The molecule has 3 fully saturated rings. The standard InChI is InChI=1S/C19H34N4O3/c1-23(2)17(24)13-20-18(21-15-6-4-3-5-7-15)22-16-8-10-26-19(12-16)9-11-25-14-19/h15-16H,3-14H2,1-2H3,(H2,20,21,22). The highest BCUT2D eigenvalue weighted by atomic mass is 16.6. The normalized spacial score (nSPS) is 30.4. The van der Waals surface area contributed by atoms with Crippen LogP contribution in [0.1, 0.15) is 51.4 Å². The predicted octanol–water partition coefficient (Wildman–Crippen LogP) is 1.28. The molecule has 1 spiro atoms. The van der Waals surface area contributed by atoms with Crippen molar-refractivity contribution < 1.29 is 14.3 Å². The molecular formula is C19H34N4O3. The third-order valence-electron chi connectivity index (χ3n) is 5.72. The fourth-order valence-electron chi connectivity index (χ4n) is 4.07. The Balaban J connectivity index is 1.61. The fraction of sp³-hybridized carbons (Fsp3) is 0.895. The van der Waals surface area contributed by atoms with E-state index in [1.807, 2.05) is 0 Å². The molecule has 7 nitrogen and oxygen atoms in total. The molecule has 2 aliphatic heterocycles. The number of hydrogen-bond acceptors (Lipinski definition) is 4. The molecule has 26 heavy (non-hydrogen) atoms. The van der Waals surface area contributed by atoms with Gasteiger partial charge in [-0.3, -0.25) is 4.79 Å². The second-order valence-corrected chi connectivity index (χ2v) is 8.10. The van der Waals surface area contributed by atoms with Gasteiger partial charge in [0.1, 0.15) is 6.54 Å². The molecule has 0 radical (unpaired) electrons. The summed E-state index contributed by atoms with van der Waals surface area (Å²) in [6.07, 6.45) is 9.04. The molecule has 0 aromatic rings. The molecule has 2 unspecified atom stereocenters. The van der Waals surface area contributed by atoms with Crippen molar-refractivity contribution in [2.75, 3.05) is 40.5 Å². The van der Waals surface area contributed by atoms with E-state index in [4.69, 9.17) is 9.47 Å². The number of carbonyl (C=O) groups excluding carboxylic acids is 1. The van der Waals surface area contributed by atoms with Crippen molar-refractivity contribution in [1.29, 1.82) is 0 Å². The number of ether oxygens (including phenoxy) is 2. The van der Waals surface area contributed by atoms with E-state index in [1.165, 1.54) is 32.1 Å². The van der Waals surface area contributed by atoms with Crippen LogP contribution in [-0.4, -0.2) is 74.9 Å². The third kappa shape index (κ3) is 5.33. The number of amides is 1. The molecule has 3 aliphatic rings. The van der Waals surface area contributed by atoms with Crippen LogP contribution in [-0.2, 0) is 14.3 Å². The lowest BCUT2D eigenvalue weighted by atomic mass is 9.90. The molecule has 3 rings (SSSR count). The summed E-state index contributed by atoms with van der Waals surface area (Å²) in [4.78, 5) is 18.1. The predicted molar refractivity (Wildman–Crippen MR) is 101 cm³/mol. The van der Waals surface area contributed by atoms with Crippen LogP contribution >= 0.6 is 0 Å². The Morgan fingerprint density at radius 2 is 1.88 bits per heavy atom. The number of nitrogens with zero attached hydrogens (tertiary/aromatic N) is 2. The number of aliphatic imine (C=N–C) groups is 1. The van der Waals surface area contributed by atoms with Crippen LogP contribution in [0.4, 0.5) is 0 Å². The van der Waals surface area contributed by atoms with Crippen molar-refractivity contribution in [1.82, 2.24) is 15.5 Å². The number of likely N-dealkylation sites (N-methyl/N-ethyl adjacent to an activating group) is 1. The van der Waals surface area contributed by atoms with Crippen LogP contribution < -0.4 is 10.6 Å². The van der Waals surface area contributed by atoms with Gasteiger partial charge in [0.15, 0.2) is 5.96 Å². The maximum Gasteiger partial charge on any atom is 0.243 e. The summed E-state index contributed by atoms with van der Waals surface area (Å²) in [6, 6.07) is 0.753. The van der Waals surface area contributed by atoms with Gasteiger partial charge in [-0.05, 0) is 25.7 Å². The lowest BCUT2D eigenvalue weighted by Crippen LogP contribution is -2.53. The summed E-state index contributed by atoms with van der Waals surface area (Å²) in [6.45, 7) is 2.39. The first-order valence-corrected chi connectivity index (χ1v) is 10.1. The first kappa shape index (κ1) is 19.4. The maximum absolute atomic E-state index is 12.0. The van der Waals surface area contributed by atoms with E-state index in [9.17, 15) is 4.79 Å². The molecule has 2 atom stereocenters. The number of nitrogens with one attached hydrogen (secondary N) is 2. The highest BCUT2D eigenvalue weighted by Crippen LogP contribution is 2.32. The van der Waals surface area contributed by atoms with E-state index < -0.39 is 0 Å². The summed E-state index contributed by atoms with van der Waals surface area (Å²) in [5.74, 6) is 0.787. The highest BCUT2D eigenvalue weighted by Gasteiger charge is 2.41. The topological polar surface area (TPSA) is 75.2 Å². The lowest BCUT2D eigenvalue weighted by Gasteiger charge is -2.38. The average Bonchev–Trinajstić information content (AvgIpc) is 3.07. The van der Waals surface area contributed by atoms with Crippen LogP contribution in [0, 0.1) is 0 Å². The van der Waals surface area contributed by atoms with Gasteiger partial charge in [0.25, 0.3) is 0 Å². The van der Waals surface area contributed by atoms with Gasteiger partial charge < -0.3 is 25.0 Å². The van der Waals surface area contributed by atoms with Crippen molar-refractivity contribution in [2.45, 2.75) is 69.1 Å². The molecule has 7 heteroatoms. The van der Waals surface area contributed by atoms with Crippen molar-refractivity contribution in [3.8, 4) is 0 Å². The minimum atomic E-state index is -0.134. The Morgan fingerprint density at radius 1 is 1.12 bits per heavy atom. The summed E-state index contributed by atoms with van der Waals surface area (Å²) in [5.41, 5.74) is -0.134. The van der Waals surface area contributed by atoms with Crippen LogP contribution in [0.5, 0.6) is 0 Å². The second kappa shape index (κ2) is 9.04. The van der Waals surface area contributed by atoms with Gasteiger partial charge in [-0.1, -0.05) is 19.3 Å². The van der Waals surface area contributed by atoms with Gasteiger partial charge >= 0.3 is 0 Å². The van der Waals surface area contributed by atoms with Gasteiger partial charge in [0, 0.05) is 45.8 Å².